The molecule has 0 aromatic heterocycles. The van der Waals surface area contributed by atoms with Crippen molar-refractivity contribution in [3.8, 4) is 11.5 Å². The van der Waals surface area contributed by atoms with Crippen LogP contribution in [0.2, 0.25) is 0 Å². The van der Waals surface area contributed by atoms with Gasteiger partial charge >= 0.3 is 0 Å². The lowest BCUT2D eigenvalue weighted by Gasteiger charge is -2.22. The van der Waals surface area contributed by atoms with Gasteiger partial charge in [-0.2, -0.15) is 5.10 Å². The molecule has 3 rings (SSSR count). The van der Waals surface area contributed by atoms with Crippen LogP contribution < -0.4 is 25.1 Å². The van der Waals surface area contributed by atoms with Gasteiger partial charge in [-0.25, -0.2) is 5.43 Å². The normalized spacial score (nSPS) is 14.2. The number of morpholine rings is 1. The summed E-state index contributed by atoms with van der Waals surface area (Å²) in [5.74, 6) is 0.479. The Morgan fingerprint density at radius 3 is 2.58 bits per heavy atom. The van der Waals surface area contributed by atoms with Crippen molar-refractivity contribution in [1.82, 2.24) is 5.43 Å². The molecule has 176 valence electrons. The molecule has 0 saturated carbocycles. The number of quaternary nitrogens is 1. The molecule has 0 radical (unpaired) electrons. The number of anilines is 1. The van der Waals surface area contributed by atoms with Gasteiger partial charge in [-0.3, -0.25) is 9.59 Å². The van der Waals surface area contributed by atoms with E-state index in [0.29, 0.717) is 31.3 Å². The molecule has 1 heterocycles. The van der Waals surface area contributed by atoms with Crippen LogP contribution in [0.25, 0.3) is 0 Å². The highest BCUT2D eigenvalue weighted by Crippen LogP contribution is 2.27. The Labute approximate surface area is 193 Å². The van der Waals surface area contributed by atoms with Gasteiger partial charge in [0.1, 0.15) is 13.1 Å². The van der Waals surface area contributed by atoms with Crippen LogP contribution in [-0.2, 0) is 14.3 Å². The quantitative estimate of drug-likeness (QED) is 0.382. The lowest BCUT2D eigenvalue weighted by molar-refractivity contribution is -0.900. The highest BCUT2D eigenvalue weighted by atomic mass is 16.5. The summed E-state index contributed by atoms with van der Waals surface area (Å²) in [6.07, 6.45) is 1.53. The summed E-state index contributed by atoms with van der Waals surface area (Å²) >= 11 is 0. The second-order valence-corrected chi connectivity index (χ2v) is 7.88. The largest absolute Gasteiger partial charge is 0.493 e. The lowest BCUT2D eigenvalue weighted by Crippen LogP contribution is -3.15. The molecule has 1 fully saturated rings. The van der Waals surface area contributed by atoms with Crippen molar-refractivity contribution in [2.75, 3.05) is 51.9 Å². The number of rotatable bonds is 9. The van der Waals surface area contributed by atoms with Crippen LogP contribution in [0.4, 0.5) is 5.69 Å². The topological polar surface area (TPSA) is 103 Å². The molecule has 0 spiro atoms. The van der Waals surface area contributed by atoms with Crippen molar-refractivity contribution in [3.05, 3.63) is 53.1 Å². The van der Waals surface area contributed by atoms with Crippen LogP contribution >= 0.6 is 0 Å². The molecule has 9 nitrogen and oxygen atoms in total. The molecular weight excluding hydrogens is 424 g/mol. The Morgan fingerprint density at radius 1 is 1.06 bits per heavy atom. The van der Waals surface area contributed by atoms with Crippen LogP contribution in [0.3, 0.4) is 0 Å². The zero-order valence-corrected chi connectivity index (χ0v) is 19.3. The highest BCUT2D eigenvalue weighted by Gasteiger charge is 2.17. The monoisotopic (exact) mass is 455 g/mol. The number of carbonyl (C=O) groups is 2. The molecule has 0 unspecified atom stereocenters. The van der Waals surface area contributed by atoms with Crippen molar-refractivity contribution < 1.29 is 28.7 Å². The van der Waals surface area contributed by atoms with Gasteiger partial charge in [0.15, 0.2) is 24.7 Å². The van der Waals surface area contributed by atoms with E-state index < -0.39 is 0 Å². The minimum atomic E-state index is -0.268. The maximum Gasteiger partial charge on any atom is 0.295 e. The number of amides is 2. The first-order valence-electron chi connectivity index (χ1n) is 10.9. The number of benzene rings is 2. The van der Waals surface area contributed by atoms with E-state index in [9.17, 15) is 9.59 Å². The van der Waals surface area contributed by atoms with E-state index in [0.717, 1.165) is 35.5 Å². The molecule has 0 aliphatic carbocycles. The first-order valence-corrected chi connectivity index (χ1v) is 10.9. The molecule has 2 amide bonds. The predicted molar refractivity (Wildman–Crippen MR) is 125 cm³/mol. The Kier molecular flexibility index (Phi) is 8.79. The average molecular weight is 456 g/mol. The van der Waals surface area contributed by atoms with E-state index in [1.807, 2.05) is 32.0 Å². The molecule has 33 heavy (non-hydrogen) atoms. The standard InChI is InChI=1S/C24H30N4O5/c1-17-4-6-20(12-18(17)2)26-24(30)16-33-21-7-5-19(13-22(21)31-3)14-25-27-23(29)15-28-8-10-32-11-9-28/h4-7,12-14H,8-11,15-16H2,1-3H3,(H,26,30)(H,27,29)/p+1. The third kappa shape index (κ3) is 7.58. The average Bonchev–Trinajstić information content (AvgIpc) is 2.81. The summed E-state index contributed by atoms with van der Waals surface area (Å²) in [6, 6.07) is 10.9. The summed E-state index contributed by atoms with van der Waals surface area (Å²) < 4.78 is 16.3. The molecule has 9 heteroatoms. The molecule has 0 bridgehead atoms. The Balaban J connectivity index is 1.50. The highest BCUT2D eigenvalue weighted by molar-refractivity contribution is 5.92. The van der Waals surface area contributed by atoms with E-state index >= 15 is 0 Å². The van der Waals surface area contributed by atoms with Crippen molar-refractivity contribution in [1.29, 1.82) is 0 Å². The van der Waals surface area contributed by atoms with Crippen molar-refractivity contribution in [3.63, 3.8) is 0 Å². The van der Waals surface area contributed by atoms with Gasteiger partial charge in [0, 0.05) is 5.69 Å². The van der Waals surface area contributed by atoms with Gasteiger partial charge in [-0.1, -0.05) is 6.07 Å². The van der Waals surface area contributed by atoms with Gasteiger partial charge in [0.25, 0.3) is 11.8 Å². The number of aryl methyl sites for hydroxylation is 2. The number of hydrazone groups is 1. The molecule has 3 N–H and O–H groups in total. The second-order valence-electron chi connectivity index (χ2n) is 7.88. The van der Waals surface area contributed by atoms with Gasteiger partial charge in [0.2, 0.25) is 0 Å². The predicted octanol–water partition coefficient (Wildman–Crippen LogP) is 0.695. The maximum absolute atomic E-state index is 12.2. The fraction of sp³-hybridized carbons (Fsp3) is 0.375. The summed E-state index contributed by atoms with van der Waals surface area (Å²) in [5, 5.41) is 6.84. The molecule has 1 saturated heterocycles. The molecule has 1 aliphatic heterocycles. The summed E-state index contributed by atoms with van der Waals surface area (Å²) in [5.41, 5.74) is 6.26. The number of methoxy groups -OCH3 is 1. The summed E-state index contributed by atoms with van der Waals surface area (Å²) in [4.78, 5) is 25.5. The van der Waals surface area contributed by atoms with Crippen LogP contribution in [0, 0.1) is 13.8 Å². The Hall–Kier alpha value is -3.43. The first kappa shape index (κ1) is 24.2. The maximum atomic E-state index is 12.2. The number of nitrogens with one attached hydrogen (secondary N) is 3. The number of ether oxygens (including phenoxy) is 3. The lowest BCUT2D eigenvalue weighted by atomic mass is 10.1. The minimum absolute atomic E-state index is 0.148. The minimum Gasteiger partial charge on any atom is -0.493 e. The van der Waals surface area contributed by atoms with Crippen LogP contribution in [0.1, 0.15) is 16.7 Å². The SMILES string of the molecule is COc1cc(C=NNC(=O)C[NH+]2CCOCC2)ccc1OCC(=O)Nc1ccc(C)c(C)c1. The van der Waals surface area contributed by atoms with Crippen LogP contribution in [0.5, 0.6) is 11.5 Å². The van der Waals surface area contributed by atoms with E-state index in [-0.39, 0.29) is 18.4 Å². The third-order valence-electron chi connectivity index (χ3n) is 5.35. The molecule has 1 aliphatic rings. The van der Waals surface area contributed by atoms with Gasteiger partial charge in [-0.05, 0) is 60.9 Å². The van der Waals surface area contributed by atoms with Crippen molar-refractivity contribution >= 4 is 23.7 Å². The zero-order chi connectivity index (χ0) is 23.6. The van der Waals surface area contributed by atoms with Crippen molar-refractivity contribution in [2.24, 2.45) is 5.10 Å². The van der Waals surface area contributed by atoms with Gasteiger partial charge in [0.05, 0.1) is 26.5 Å². The van der Waals surface area contributed by atoms with E-state index in [1.165, 1.54) is 18.2 Å². The molecule has 0 atom stereocenters. The number of hydrogen-bond donors (Lipinski definition) is 3. The second kappa shape index (κ2) is 12.0. The van der Waals surface area contributed by atoms with Crippen molar-refractivity contribution in [2.45, 2.75) is 13.8 Å². The zero-order valence-electron chi connectivity index (χ0n) is 19.3. The molecular formula is C24H31N4O5+. The fourth-order valence-corrected chi connectivity index (χ4v) is 3.33. The smallest absolute Gasteiger partial charge is 0.295 e. The Morgan fingerprint density at radius 2 is 1.85 bits per heavy atom. The van der Waals surface area contributed by atoms with E-state index in [4.69, 9.17) is 14.2 Å². The van der Waals surface area contributed by atoms with E-state index in [1.54, 1.807) is 18.2 Å². The fourth-order valence-electron chi connectivity index (χ4n) is 3.33. The van der Waals surface area contributed by atoms with Gasteiger partial charge in [-0.15, -0.1) is 0 Å². The number of hydrogen-bond acceptors (Lipinski definition) is 6. The first-order chi connectivity index (χ1) is 15.9. The number of nitrogens with zero attached hydrogens (tertiary/aromatic N) is 1. The Bertz CT molecular complexity index is 1000. The summed E-state index contributed by atoms with van der Waals surface area (Å²) in [6.45, 7) is 7.20. The van der Waals surface area contributed by atoms with E-state index in [2.05, 4.69) is 15.8 Å². The molecule has 2 aromatic carbocycles. The molecule has 2 aromatic rings. The number of carbonyl (C=O) groups excluding carboxylic acids is 2. The third-order valence-corrected chi connectivity index (χ3v) is 5.35. The van der Waals surface area contributed by atoms with Crippen LogP contribution in [-0.4, -0.2) is 64.6 Å². The van der Waals surface area contributed by atoms with Crippen LogP contribution in [0.15, 0.2) is 41.5 Å². The summed E-state index contributed by atoms with van der Waals surface area (Å²) in [7, 11) is 1.52. The van der Waals surface area contributed by atoms with Gasteiger partial charge < -0.3 is 24.4 Å².